The molecule has 0 aliphatic rings. The fourth-order valence-electron chi connectivity index (χ4n) is 2.90. The zero-order chi connectivity index (χ0) is 22.8. The molecule has 1 aromatic heterocycles. The van der Waals surface area contributed by atoms with Gasteiger partial charge >= 0.3 is 6.18 Å². The third-order valence-electron chi connectivity index (χ3n) is 4.49. The minimum Gasteiger partial charge on any atom is -0.491 e. The molecule has 0 bridgehead atoms. The summed E-state index contributed by atoms with van der Waals surface area (Å²) >= 11 is 3.37. The van der Waals surface area contributed by atoms with E-state index < -0.39 is 11.7 Å². The Morgan fingerprint density at radius 1 is 0.903 bits per heavy atom. The fraction of sp³-hybridized carbons (Fsp3) is 0.273. The van der Waals surface area contributed by atoms with E-state index in [9.17, 15) is 13.2 Å². The van der Waals surface area contributed by atoms with Gasteiger partial charge in [-0.05, 0) is 62.4 Å². The zero-order valence-corrected chi connectivity index (χ0v) is 19.1. The molecule has 1 heterocycles. The highest BCUT2D eigenvalue weighted by Crippen LogP contribution is 2.38. The number of nitrogens with zero attached hydrogens (tertiary/aromatic N) is 4. The van der Waals surface area contributed by atoms with Crippen molar-refractivity contribution in [2.75, 3.05) is 23.9 Å². The van der Waals surface area contributed by atoms with Crippen LogP contribution >= 0.6 is 15.9 Å². The van der Waals surface area contributed by atoms with Crippen LogP contribution in [0.2, 0.25) is 0 Å². The van der Waals surface area contributed by atoms with Crippen LogP contribution in [0.5, 0.6) is 5.75 Å². The van der Waals surface area contributed by atoms with Crippen molar-refractivity contribution < 1.29 is 17.9 Å². The maximum absolute atomic E-state index is 13.7. The van der Waals surface area contributed by atoms with Crippen molar-refractivity contribution in [1.29, 1.82) is 0 Å². The third-order valence-corrected chi connectivity index (χ3v) is 5.02. The zero-order valence-electron chi connectivity index (χ0n) is 17.5. The van der Waals surface area contributed by atoms with Crippen molar-refractivity contribution in [1.82, 2.24) is 9.97 Å². The molecule has 0 N–H and O–H groups in total. The molecule has 0 fully saturated rings. The number of anilines is 4. The first-order valence-electron chi connectivity index (χ1n) is 9.50. The lowest BCUT2D eigenvalue weighted by molar-refractivity contribution is -0.137. The lowest BCUT2D eigenvalue weighted by Crippen LogP contribution is -2.21. The first-order valence-corrected chi connectivity index (χ1v) is 10.3. The van der Waals surface area contributed by atoms with Gasteiger partial charge in [-0.3, -0.25) is 0 Å². The predicted octanol–water partition coefficient (Wildman–Crippen LogP) is 6.58. The molecule has 9 heteroatoms. The molecule has 0 aliphatic heterocycles. The molecular formula is C22H22BrF3N4O. The van der Waals surface area contributed by atoms with Gasteiger partial charge in [0.15, 0.2) is 5.82 Å². The summed E-state index contributed by atoms with van der Waals surface area (Å²) in [5, 5.41) is 0. The summed E-state index contributed by atoms with van der Waals surface area (Å²) in [7, 11) is 3.24. The van der Waals surface area contributed by atoms with Gasteiger partial charge in [-0.15, -0.1) is 0 Å². The van der Waals surface area contributed by atoms with E-state index in [0.29, 0.717) is 11.4 Å². The van der Waals surface area contributed by atoms with Gasteiger partial charge < -0.3 is 14.5 Å². The number of halogens is 4. The van der Waals surface area contributed by atoms with Gasteiger partial charge in [-0.2, -0.15) is 18.2 Å². The molecule has 164 valence electrons. The second-order valence-electron chi connectivity index (χ2n) is 7.16. The van der Waals surface area contributed by atoms with Crippen LogP contribution in [0.4, 0.5) is 36.3 Å². The molecule has 0 aliphatic carbocycles. The topological polar surface area (TPSA) is 41.5 Å². The van der Waals surface area contributed by atoms with Crippen molar-refractivity contribution >= 4 is 39.1 Å². The van der Waals surface area contributed by atoms with Crippen LogP contribution < -0.4 is 14.5 Å². The summed E-state index contributed by atoms with van der Waals surface area (Å²) < 4.78 is 47.6. The molecule has 0 unspecified atom stereocenters. The second kappa shape index (κ2) is 9.13. The van der Waals surface area contributed by atoms with E-state index >= 15 is 0 Å². The summed E-state index contributed by atoms with van der Waals surface area (Å²) in [5.41, 5.74) is 0.370. The molecule has 5 nitrogen and oxygen atoms in total. The van der Waals surface area contributed by atoms with E-state index in [1.807, 2.05) is 38.1 Å². The van der Waals surface area contributed by atoms with E-state index in [4.69, 9.17) is 4.74 Å². The normalized spacial score (nSPS) is 11.5. The Hall–Kier alpha value is -2.81. The first kappa shape index (κ1) is 22.9. The summed E-state index contributed by atoms with van der Waals surface area (Å²) in [6.07, 6.45) is -3.78. The number of aromatic nitrogens is 2. The molecule has 3 rings (SSSR count). The Bertz CT molecular complexity index is 1020. The largest absolute Gasteiger partial charge is 0.491 e. The molecule has 2 aromatic carbocycles. The van der Waals surface area contributed by atoms with E-state index in [-0.39, 0.29) is 17.9 Å². The average Bonchev–Trinajstić information content (AvgIpc) is 2.72. The third kappa shape index (κ3) is 5.46. The molecule has 31 heavy (non-hydrogen) atoms. The Kier molecular flexibility index (Phi) is 6.74. The van der Waals surface area contributed by atoms with Gasteiger partial charge in [0.25, 0.3) is 0 Å². The number of ether oxygens (including phenoxy) is 1. The van der Waals surface area contributed by atoms with Crippen LogP contribution in [-0.4, -0.2) is 30.2 Å². The van der Waals surface area contributed by atoms with Gasteiger partial charge in [0, 0.05) is 36.1 Å². The van der Waals surface area contributed by atoms with E-state index in [2.05, 4.69) is 25.9 Å². The fourth-order valence-corrected chi connectivity index (χ4v) is 3.17. The van der Waals surface area contributed by atoms with E-state index in [0.717, 1.165) is 16.4 Å². The van der Waals surface area contributed by atoms with Crippen LogP contribution in [0.3, 0.4) is 0 Å². The summed E-state index contributed by atoms with van der Waals surface area (Å²) in [5.74, 6) is 0.553. The molecule has 0 radical (unpaired) electrons. The molecule has 0 saturated carbocycles. The van der Waals surface area contributed by atoms with Crippen molar-refractivity contribution in [3.63, 3.8) is 0 Å². The summed E-state index contributed by atoms with van der Waals surface area (Å²) in [6, 6.07) is 14.1. The molecule has 0 atom stereocenters. The number of rotatable bonds is 6. The predicted molar refractivity (Wildman–Crippen MR) is 120 cm³/mol. The van der Waals surface area contributed by atoms with Gasteiger partial charge in [0.1, 0.15) is 11.3 Å². The quantitative estimate of drug-likeness (QED) is 0.387. The van der Waals surface area contributed by atoms with Crippen LogP contribution in [0, 0.1) is 0 Å². The Morgan fingerprint density at radius 2 is 1.45 bits per heavy atom. The maximum Gasteiger partial charge on any atom is 0.421 e. The lowest BCUT2D eigenvalue weighted by atomic mass is 10.2. The molecular weight excluding hydrogens is 473 g/mol. The lowest BCUT2D eigenvalue weighted by Gasteiger charge is -2.25. The average molecular weight is 495 g/mol. The smallest absolute Gasteiger partial charge is 0.421 e. The minimum absolute atomic E-state index is 0.000943. The molecule has 0 saturated heterocycles. The second-order valence-corrected chi connectivity index (χ2v) is 8.08. The Labute approximate surface area is 187 Å². The van der Waals surface area contributed by atoms with Crippen molar-refractivity contribution in [3.05, 3.63) is 64.8 Å². The molecule has 3 aromatic rings. The maximum atomic E-state index is 13.7. The Balaban J connectivity index is 2.00. The SMILES string of the molecule is CC(C)Oc1ccc(N(C)c2nc(N(C)c3ccc(Br)cc3)ncc2C(F)(F)F)cc1. The summed E-state index contributed by atoms with van der Waals surface area (Å²) in [4.78, 5) is 11.2. The summed E-state index contributed by atoms with van der Waals surface area (Å²) in [6.45, 7) is 3.81. The minimum atomic E-state index is -4.60. The highest BCUT2D eigenvalue weighted by Gasteiger charge is 2.37. The molecule has 0 amide bonds. The standard InChI is InChI=1S/C22H22BrF3N4O/c1-14(2)31-18-11-9-16(10-12-18)29(3)20-19(22(24,25)26)13-27-21(28-20)30(4)17-7-5-15(23)6-8-17/h5-14H,1-4H3. The van der Waals surface area contributed by atoms with Crippen LogP contribution in [0.1, 0.15) is 19.4 Å². The van der Waals surface area contributed by atoms with E-state index in [1.165, 1.54) is 4.90 Å². The number of benzene rings is 2. The van der Waals surface area contributed by atoms with Crippen LogP contribution in [-0.2, 0) is 6.18 Å². The molecule has 0 spiro atoms. The van der Waals surface area contributed by atoms with Gasteiger partial charge in [0.05, 0.1) is 6.10 Å². The highest BCUT2D eigenvalue weighted by atomic mass is 79.9. The van der Waals surface area contributed by atoms with Gasteiger partial charge in [-0.1, -0.05) is 15.9 Å². The van der Waals surface area contributed by atoms with Gasteiger partial charge in [0.2, 0.25) is 5.95 Å². The number of hydrogen-bond acceptors (Lipinski definition) is 5. The van der Waals surface area contributed by atoms with Crippen molar-refractivity contribution in [2.24, 2.45) is 0 Å². The number of alkyl halides is 3. The number of hydrogen-bond donors (Lipinski definition) is 0. The van der Waals surface area contributed by atoms with Crippen LogP contribution in [0.25, 0.3) is 0 Å². The van der Waals surface area contributed by atoms with Gasteiger partial charge in [-0.25, -0.2) is 4.98 Å². The van der Waals surface area contributed by atoms with Crippen LogP contribution in [0.15, 0.2) is 59.2 Å². The van der Waals surface area contributed by atoms with Crippen molar-refractivity contribution in [2.45, 2.75) is 26.1 Å². The monoisotopic (exact) mass is 494 g/mol. The Morgan fingerprint density at radius 3 is 2.00 bits per heavy atom. The first-order chi connectivity index (χ1) is 14.6. The van der Waals surface area contributed by atoms with Crippen molar-refractivity contribution in [3.8, 4) is 5.75 Å². The van der Waals surface area contributed by atoms with E-state index in [1.54, 1.807) is 43.3 Å². The highest BCUT2D eigenvalue weighted by molar-refractivity contribution is 9.10.